The standard InChI is InChI=1S/C33H34N4O4/c38-32(35-15-21-8-11-30-31(12-21)41-20-40-30)24-13-25(33(39)36-27-10-9-22-4-3-5-23(22)14-27)18-37(17-24)19-26-16-34-29-7-2-1-6-28(26)29/h1-2,6-12,14,16,24-25,34H,3-5,13,15,17-20H2,(H,35,38)(H,36,39)/t24-,25+/m0/s1. The van der Waals surface area contributed by atoms with Gasteiger partial charge in [-0.3, -0.25) is 14.5 Å². The van der Waals surface area contributed by atoms with E-state index < -0.39 is 0 Å². The minimum Gasteiger partial charge on any atom is -0.454 e. The fourth-order valence-corrected chi connectivity index (χ4v) is 6.48. The monoisotopic (exact) mass is 550 g/mol. The molecule has 0 saturated carbocycles. The number of rotatable bonds is 7. The van der Waals surface area contributed by atoms with Gasteiger partial charge in [0.05, 0.1) is 11.8 Å². The number of nitrogens with zero attached hydrogens (tertiary/aromatic N) is 1. The Bertz CT molecular complexity index is 1610. The van der Waals surface area contributed by atoms with Crippen molar-refractivity contribution >= 4 is 28.4 Å². The lowest BCUT2D eigenvalue weighted by Gasteiger charge is -2.36. The van der Waals surface area contributed by atoms with Gasteiger partial charge in [0.25, 0.3) is 0 Å². The molecule has 0 radical (unpaired) electrons. The van der Waals surface area contributed by atoms with Gasteiger partial charge in [-0.25, -0.2) is 0 Å². The second-order valence-electron chi connectivity index (χ2n) is 11.4. The van der Waals surface area contributed by atoms with Crippen LogP contribution >= 0.6 is 0 Å². The molecular weight excluding hydrogens is 516 g/mol. The van der Waals surface area contributed by atoms with Gasteiger partial charge in [-0.05, 0) is 78.3 Å². The average molecular weight is 551 g/mol. The number of aromatic nitrogens is 1. The Balaban J connectivity index is 1.07. The highest BCUT2D eigenvalue weighted by atomic mass is 16.7. The van der Waals surface area contributed by atoms with Gasteiger partial charge in [0.15, 0.2) is 11.5 Å². The second kappa shape index (κ2) is 10.9. The molecule has 2 amide bonds. The summed E-state index contributed by atoms with van der Waals surface area (Å²) in [5.74, 6) is 0.740. The summed E-state index contributed by atoms with van der Waals surface area (Å²) >= 11 is 0. The summed E-state index contributed by atoms with van der Waals surface area (Å²) in [5.41, 5.74) is 6.74. The van der Waals surface area contributed by atoms with Crippen molar-refractivity contribution in [1.29, 1.82) is 0 Å². The quantitative estimate of drug-likeness (QED) is 0.308. The summed E-state index contributed by atoms with van der Waals surface area (Å²) < 4.78 is 10.9. The zero-order valence-corrected chi connectivity index (χ0v) is 22.9. The molecule has 8 nitrogen and oxygen atoms in total. The van der Waals surface area contributed by atoms with E-state index in [1.807, 2.05) is 42.6 Å². The number of fused-ring (bicyclic) bond motifs is 3. The Morgan fingerprint density at radius 1 is 0.902 bits per heavy atom. The molecule has 1 aromatic heterocycles. The zero-order valence-electron chi connectivity index (χ0n) is 22.9. The highest BCUT2D eigenvalue weighted by molar-refractivity contribution is 5.93. The van der Waals surface area contributed by atoms with Crippen LogP contribution in [0.25, 0.3) is 10.9 Å². The summed E-state index contributed by atoms with van der Waals surface area (Å²) in [5, 5.41) is 7.44. The number of piperidine rings is 1. The Morgan fingerprint density at radius 3 is 2.66 bits per heavy atom. The number of aryl methyl sites for hydroxylation is 2. The molecular formula is C33H34N4O4. The number of benzene rings is 3. The second-order valence-corrected chi connectivity index (χ2v) is 11.4. The summed E-state index contributed by atoms with van der Waals surface area (Å²) in [6.45, 7) is 2.46. The molecule has 4 aromatic rings. The van der Waals surface area contributed by atoms with E-state index in [0.29, 0.717) is 38.3 Å². The molecule has 0 unspecified atom stereocenters. The maximum absolute atomic E-state index is 13.6. The van der Waals surface area contributed by atoms with Crippen molar-refractivity contribution in [1.82, 2.24) is 15.2 Å². The fraction of sp³-hybridized carbons (Fsp3) is 0.333. The Labute approximate surface area is 239 Å². The number of para-hydroxylation sites is 1. The molecule has 3 N–H and O–H groups in total. The first-order valence-corrected chi connectivity index (χ1v) is 14.5. The van der Waals surface area contributed by atoms with Crippen LogP contribution in [0, 0.1) is 11.8 Å². The number of carbonyl (C=O) groups excluding carboxylic acids is 2. The van der Waals surface area contributed by atoms with Gasteiger partial charge >= 0.3 is 0 Å². The smallest absolute Gasteiger partial charge is 0.231 e. The van der Waals surface area contributed by atoms with Crippen molar-refractivity contribution in [3.05, 3.63) is 89.1 Å². The van der Waals surface area contributed by atoms with Crippen molar-refractivity contribution in [2.75, 3.05) is 25.2 Å². The lowest BCUT2D eigenvalue weighted by molar-refractivity contribution is -0.130. The van der Waals surface area contributed by atoms with E-state index in [1.54, 1.807) is 0 Å². The third-order valence-electron chi connectivity index (χ3n) is 8.61. The van der Waals surface area contributed by atoms with Gasteiger partial charge in [0, 0.05) is 49.0 Å². The van der Waals surface area contributed by atoms with Crippen molar-refractivity contribution in [3.63, 3.8) is 0 Å². The topological polar surface area (TPSA) is 95.7 Å². The summed E-state index contributed by atoms with van der Waals surface area (Å²) in [4.78, 5) is 32.7. The number of hydrogen-bond donors (Lipinski definition) is 3. The lowest BCUT2D eigenvalue weighted by atomic mass is 9.87. The normalized spacial score (nSPS) is 19.7. The van der Waals surface area contributed by atoms with E-state index in [0.717, 1.165) is 35.4 Å². The van der Waals surface area contributed by atoms with Crippen LogP contribution < -0.4 is 20.1 Å². The molecule has 3 heterocycles. The van der Waals surface area contributed by atoms with Gasteiger partial charge in [-0.15, -0.1) is 0 Å². The van der Waals surface area contributed by atoms with E-state index in [-0.39, 0.29) is 30.4 Å². The number of amides is 2. The van der Waals surface area contributed by atoms with Gasteiger partial charge < -0.3 is 25.1 Å². The molecule has 8 heteroatoms. The molecule has 0 bridgehead atoms. The predicted molar refractivity (Wildman–Crippen MR) is 157 cm³/mol. The van der Waals surface area contributed by atoms with Gasteiger partial charge in [0.1, 0.15) is 0 Å². The molecule has 2 atom stereocenters. The van der Waals surface area contributed by atoms with Crippen LogP contribution in [0.4, 0.5) is 5.69 Å². The summed E-state index contributed by atoms with van der Waals surface area (Å²) in [7, 11) is 0. The van der Waals surface area contributed by atoms with Crippen molar-refractivity contribution in [2.45, 2.75) is 38.8 Å². The SMILES string of the molecule is O=C(NCc1ccc2c(c1)OCO2)[C@H]1C[C@@H](C(=O)Nc2ccc3c(c2)CCC3)CN(Cc2c[nH]c3ccccc23)C1. The first kappa shape index (κ1) is 25.7. The summed E-state index contributed by atoms with van der Waals surface area (Å²) in [6.07, 6.45) is 5.88. The number of H-pyrrole nitrogens is 1. The first-order valence-electron chi connectivity index (χ1n) is 14.5. The highest BCUT2D eigenvalue weighted by Gasteiger charge is 2.35. The molecule has 1 aliphatic carbocycles. The number of nitrogens with one attached hydrogen (secondary N) is 3. The third kappa shape index (κ3) is 5.39. The Morgan fingerprint density at radius 2 is 1.73 bits per heavy atom. The minimum absolute atomic E-state index is 0.0276. The molecule has 1 fully saturated rings. The number of anilines is 1. The molecule has 3 aromatic carbocycles. The third-order valence-corrected chi connectivity index (χ3v) is 8.61. The number of hydrogen-bond acceptors (Lipinski definition) is 5. The van der Waals surface area contributed by atoms with E-state index in [1.165, 1.54) is 28.5 Å². The van der Waals surface area contributed by atoms with E-state index in [2.05, 4.69) is 44.8 Å². The molecule has 0 spiro atoms. The zero-order chi connectivity index (χ0) is 27.8. The number of ether oxygens (including phenoxy) is 2. The minimum atomic E-state index is -0.307. The molecule has 210 valence electrons. The van der Waals surface area contributed by atoms with Gasteiger partial charge in [-0.1, -0.05) is 30.3 Å². The molecule has 41 heavy (non-hydrogen) atoms. The number of likely N-dealkylation sites (tertiary alicyclic amines) is 1. The predicted octanol–water partition coefficient (Wildman–Crippen LogP) is 4.78. The van der Waals surface area contributed by atoms with E-state index in [9.17, 15) is 9.59 Å². The molecule has 2 aliphatic heterocycles. The Kier molecular flexibility index (Phi) is 6.84. The fourth-order valence-electron chi connectivity index (χ4n) is 6.48. The van der Waals surface area contributed by atoms with Crippen LogP contribution in [0.2, 0.25) is 0 Å². The average Bonchev–Trinajstić information content (AvgIpc) is 3.75. The number of aromatic amines is 1. The van der Waals surface area contributed by atoms with Crippen LogP contribution in [0.3, 0.4) is 0 Å². The first-order chi connectivity index (χ1) is 20.1. The van der Waals surface area contributed by atoms with Crippen LogP contribution in [-0.4, -0.2) is 41.6 Å². The molecule has 1 saturated heterocycles. The van der Waals surface area contributed by atoms with Gasteiger partial charge in [0.2, 0.25) is 18.6 Å². The van der Waals surface area contributed by atoms with E-state index in [4.69, 9.17) is 9.47 Å². The van der Waals surface area contributed by atoms with Crippen molar-refractivity contribution < 1.29 is 19.1 Å². The lowest BCUT2D eigenvalue weighted by Crippen LogP contribution is -2.48. The van der Waals surface area contributed by atoms with Crippen LogP contribution in [0.1, 0.15) is 35.1 Å². The van der Waals surface area contributed by atoms with E-state index >= 15 is 0 Å². The van der Waals surface area contributed by atoms with Crippen LogP contribution in [0.5, 0.6) is 11.5 Å². The number of carbonyl (C=O) groups is 2. The van der Waals surface area contributed by atoms with Crippen LogP contribution in [-0.2, 0) is 35.5 Å². The van der Waals surface area contributed by atoms with Crippen molar-refractivity contribution in [2.24, 2.45) is 11.8 Å². The Hall–Kier alpha value is -4.30. The maximum atomic E-state index is 13.6. The van der Waals surface area contributed by atoms with Crippen LogP contribution in [0.15, 0.2) is 66.9 Å². The van der Waals surface area contributed by atoms with Gasteiger partial charge in [-0.2, -0.15) is 0 Å². The highest BCUT2D eigenvalue weighted by Crippen LogP contribution is 2.33. The molecule has 3 aliphatic rings. The molecule has 7 rings (SSSR count). The summed E-state index contributed by atoms with van der Waals surface area (Å²) in [6, 6.07) is 20.2. The largest absolute Gasteiger partial charge is 0.454 e. The van der Waals surface area contributed by atoms with Crippen molar-refractivity contribution in [3.8, 4) is 11.5 Å². The maximum Gasteiger partial charge on any atom is 0.231 e.